The molecule has 2 nitrogen and oxygen atoms in total. The fraction of sp³-hybridized carbons (Fsp3) is 1.00. The first-order valence-corrected chi connectivity index (χ1v) is 5.31. The molecule has 1 rings (SSSR count). The zero-order chi connectivity index (χ0) is 11.4. The van der Waals surface area contributed by atoms with Gasteiger partial charge in [-0.25, -0.2) is 0 Å². The Bertz CT molecular complexity index is 188. The van der Waals surface area contributed by atoms with Gasteiger partial charge < -0.3 is 10.1 Å². The molecule has 0 aliphatic heterocycles. The van der Waals surface area contributed by atoms with E-state index >= 15 is 0 Å². The maximum atomic E-state index is 11.7. The molecule has 1 saturated carbocycles. The Morgan fingerprint density at radius 2 is 1.87 bits per heavy atom. The van der Waals surface area contributed by atoms with E-state index in [0.717, 1.165) is 12.8 Å². The second-order valence-electron chi connectivity index (χ2n) is 4.36. The first-order chi connectivity index (χ1) is 6.91. The van der Waals surface area contributed by atoms with Crippen LogP contribution in [0.25, 0.3) is 0 Å². The van der Waals surface area contributed by atoms with Crippen molar-refractivity contribution in [2.24, 2.45) is 0 Å². The third-order valence-electron chi connectivity index (χ3n) is 2.77. The van der Waals surface area contributed by atoms with E-state index in [1.54, 1.807) is 0 Å². The van der Waals surface area contributed by atoms with Crippen LogP contribution in [0.5, 0.6) is 0 Å². The highest BCUT2D eigenvalue weighted by Crippen LogP contribution is 2.28. The van der Waals surface area contributed by atoms with E-state index in [1.165, 1.54) is 12.8 Å². The summed E-state index contributed by atoms with van der Waals surface area (Å²) in [5.74, 6) is 0. The van der Waals surface area contributed by atoms with Gasteiger partial charge in [0.15, 0.2) is 0 Å². The maximum absolute atomic E-state index is 11.7. The van der Waals surface area contributed by atoms with Crippen molar-refractivity contribution in [3.8, 4) is 0 Å². The smallest absolute Gasteiger partial charge is 0.371 e. The predicted octanol–water partition coefficient (Wildman–Crippen LogP) is 2.49. The Morgan fingerprint density at radius 3 is 2.40 bits per heavy atom. The Labute approximate surface area is 88.2 Å². The number of rotatable bonds is 5. The van der Waals surface area contributed by atoms with E-state index in [4.69, 9.17) is 0 Å². The van der Waals surface area contributed by atoms with Crippen LogP contribution in [0.1, 0.15) is 32.6 Å². The lowest BCUT2D eigenvalue weighted by Gasteiger charge is -2.25. The third-order valence-corrected chi connectivity index (χ3v) is 2.77. The average Bonchev–Trinajstić information content (AvgIpc) is 2.50. The zero-order valence-corrected chi connectivity index (χ0v) is 8.99. The summed E-state index contributed by atoms with van der Waals surface area (Å²) >= 11 is 0. The second kappa shape index (κ2) is 5.16. The SMILES string of the molecule is CC1(NCCOCC(F)(F)F)CCCC1. The largest absolute Gasteiger partial charge is 0.411 e. The Balaban J connectivity index is 2.02. The standard InChI is InChI=1S/C10H18F3NO/c1-9(4-2-3-5-9)14-6-7-15-8-10(11,12)13/h14H,2-8H2,1H3. The number of alkyl halides is 3. The monoisotopic (exact) mass is 225 g/mol. The van der Waals surface area contributed by atoms with E-state index < -0.39 is 12.8 Å². The lowest BCUT2D eigenvalue weighted by atomic mass is 10.0. The van der Waals surface area contributed by atoms with E-state index in [-0.39, 0.29) is 12.1 Å². The first kappa shape index (κ1) is 12.8. The molecule has 0 aromatic rings. The molecule has 0 spiro atoms. The lowest BCUT2D eigenvalue weighted by Crippen LogP contribution is -2.41. The van der Waals surface area contributed by atoms with Crippen molar-refractivity contribution >= 4 is 0 Å². The molecule has 90 valence electrons. The molecule has 0 aromatic carbocycles. The summed E-state index contributed by atoms with van der Waals surface area (Å²) in [6.45, 7) is 1.58. The third kappa shape index (κ3) is 5.37. The number of hydrogen-bond donors (Lipinski definition) is 1. The molecule has 1 aliphatic carbocycles. The van der Waals surface area contributed by atoms with Crippen LogP contribution in [0.15, 0.2) is 0 Å². The molecule has 0 saturated heterocycles. The van der Waals surface area contributed by atoms with E-state index in [9.17, 15) is 13.2 Å². The Kier molecular flexibility index (Phi) is 4.40. The minimum absolute atomic E-state index is 0.113. The highest BCUT2D eigenvalue weighted by atomic mass is 19.4. The molecular formula is C10H18F3NO. The van der Waals surface area contributed by atoms with Crippen molar-refractivity contribution in [1.29, 1.82) is 0 Å². The maximum Gasteiger partial charge on any atom is 0.411 e. The highest BCUT2D eigenvalue weighted by Gasteiger charge is 2.29. The molecule has 0 amide bonds. The fourth-order valence-corrected chi connectivity index (χ4v) is 1.94. The van der Waals surface area contributed by atoms with Gasteiger partial charge in [0.25, 0.3) is 0 Å². The molecule has 0 bridgehead atoms. The molecule has 1 fully saturated rings. The second-order valence-corrected chi connectivity index (χ2v) is 4.36. The van der Waals surface area contributed by atoms with Crippen LogP contribution in [-0.2, 0) is 4.74 Å². The van der Waals surface area contributed by atoms with Gasteiger partial charge in [0.05, 0.1) is 6.61 Å². The molecule has 0 aromatic heterocycles. The van der Waals surface area contributed by atoms with Crippen molar-refractivity contribution < 1.29 is 17.9 Å². The molecule has 0 atom stereocenters. The quantitative estimate of drug-likeness (QED) is 0.726. The van der Waals surface area contributed by atoms with Crippen LogP contribution in [-0.4, -0.2) is 31.5 Å². The van der Waals surface area contributed by atoms with Crippen molar-refractivity contribution in [2.75, 3.05) is 19.8 Å². The average molecular weight is 225 g/mol. The molecule has 0 unspecified atom stereocenters. The number of hydrogen-bond acceptors (Lipinski definition) is 2. The predicted molar refractivity (Wildman–Crippen MR) is 51.7 cm³/mol. The topological polar surface area (TPSA) is 21.3 Å². The van der Waals surface area contributed by atoms with Gasteiger partial charge in [-0.15, -0.1) is 0 Å². The molecule has 1 N–H and O–H groups in total. The van der Waals surface area contributed by atoms with Gasteiger partial charge in [-0.05, 0) is 19.8 Å². The summed E-state index contributed by atoms with van der Waals surface area (Å²) in [5.41, 5.74) is 0.113. The van der Waals surface area contributed by atoms with Crippen LogP contribution < -0.4 is 5.32 Å². The van der Waals surface area contributed by atoms with E-state index in [0.29, 0.717) is 6.54 Å². The number of halogens is 3. The van der Waals surface area contributed by atoms with Gasteiger partial charge in [-0.3, -0.25) is 0 Å². The number of nitrogens with one attached hydrogen (secondary N) is 1. The molecule has 15 heavy (non-hydrogen) atoms. The summed E-state index contributed by atoms with van der Waals surface area (Å²) < 4.78 is 39.7. The minimum Gasteiger partial charge on any atom is -0.371 e. The lowest BCUT2D eigenvalue weighted by molar-refractivity contribution is -0.173. The Morgan fingerprint density at radius 1 is 1.27 bits per heavy atom. The fourth-order valence-electron chi connectivity index (χ4n) is 1.94. The minimum atomic E-state index is -4.21. The molecule has 0 radical (unpaired) electrons. The number of ether oxygens (including phenoxy) is 1. The first-order valence-electron chi connectivity index (χ1n) is 5.31. The van der Waals surface area contributed by atoms with Crippen LogP contribution in [0, 0.1) is 0 Å². The zero-order valence-electron chi connectivity index (χ0n) is 8.99. The van der Waals surface area contributed by atoms with Gasteiger partial charge in [0.2, 0.25) is 0 Å². The molecule has 0 heterocycles. The van der Waals surface area contributed by atoms with Gasteiger partial charge in [-0.2, -0.15) is 13.2 Å². The van der Waals surface area contributed by atoms with Crippen molar-refractivity contribution in [3.05, 3.63) is 0 Å². The van der Waals surface area contributed by atoms with Crippen LogP contribution in [0.2, 0.25) is 0 Å². The molecular weight excluding hydrogens is 207 g/mol. The van der Waals surface area contributed by atoms with Crippen molar-refractivity contribution in [3.63, 3.8) is 0 Å². The molecule has 5 heteroatoms. The van der Waals surface area contributed by atoms with Gasteiger partial charge >= 0.3 is 6.18 Å². The summed E-state index contributed by atoms with van der Waals surface area (Å²) in [4.78, 5) is 0. The van der Waals surface area contributed by atoms with Crippen molar-refractivity contribution in [2.45, 2.75) is 44.3 Å². The van der Waals surface area contributed by atoms with E-state index in [2.05, 4.69) is 17.0 Å². The Hall–Kier alpha value is -0.290. The van der Waals surface area contributed by atoms with E-state index in [1.807, 2.05) is 0 Å². The van der Waals surface area contributed by atoms with Crippen molar-refractivity contribution in [1.82, 2.24) is 5.32 Å². The van der Waals surface area contributed by atoms with Gasteiger partial charge in [0, 0.05) is 12.1 Å². The molecule has 1 aliphatic rings. The summed E-state index contributed by atoms with van der Waals surface area (Å²) in [5, 5.41) is 3.25. The normalized spacial score (nSPS) is 20.8. The summed E-state index contributed by atoms with van der Waals surface area (Å²) in [6, 6.07) is 0. The van der Waals surface area contributed by atoms with Crippen LogP contribution in [0.3, 0.4) is 0 Å². The summed E-state index contributed by atoms with van der Waals surface area (Å²) in [6.07, 6.45) is 0.398. The summed E-state index contributed by atoms with van der Waals surface area (Å²) in [7, 11) is 0. The van der Waals surface area contributed by atoms with Crippen LogP contribution >= 0.6 is 0 Å². The van der Waals surface area contributed by atoms with Gasteiger partial charge in [-0.1, -0.05) is 12.8 Å². The van der Waals surface area contributed by atoms with Gasteiger partial charge in [0.1, 0.15) is 6.61 Å². The highest BCUT2D eigenvalue weighted by molar-refractivity contribution is 4.87. The van der Waals surface area contributed by atoms with Crippen LogP contribution in [0.4, 0.5) is 13.2 Å².